The van der Waals surface area contributed by atoms with Gasteiger partial charge in [-0.1, -0.05) is 0 Å². The summed E-state index contributed by atoms with van der Waals surface area (Å²) >= 11 is 0. The fourth-order valence-corrected chi connectivity index (χ4v) is 2.11. The van der Waals surface area contributed by atoms with Crippen molar-refractivity contribution < 1.29 is 17.9 Å². The second-order valence-corrected chi connectivity index (χ2v) is 4.56. The van der Waals surface area contributed by atoms with E-state index in [0.29, 0.717) is 5.69 Å². The summed E-state index contributed by atoms with van der Waals surface area (Å²) in [5.41, 5.74) is 0.0591. The van der Waals surface area contributed by atoms with E-state index >= 15 is 0 Å². The van der Waals surface area contributed by atoms with Crippen LogP contribution in [0.1, 0.15) is 25.3 Å². The summed E-state index contributed by atoms with van der Waals surface area (Å²) in [6.45, 7) is 2.75. The van der Waals surface area contributed by atoms with Gasteiger partial charge in [0.25, 0.3) is 0 Å². The van der Waals surface area contributed by atoms with E-state index in [-0.39, 0.29) is 12.1 Å². The largest absolute Gasteiger partial charge is 0.416 e. The minimum absolute atomic E-state index is 0.101. The lowest BCUT2D eigenvalue weighted by atomic mass is 10.1. The molecule has 0 aliphatic carbocycles. The fourth-order valence-electron chi connectivity index (χ4n) is 2.11. The Morgan fingerprint density at radius 2 is 1.94 bits per heavy atom. The van der Waals surface area contributed by atoms with Crippen LogP contribution >= 0.6 is 0 Å². The number of ether oxygens (including phenoxy) is 1. The van der Waals surface area contributed by atoms with Gasteiger partial charge in [-0.2, -0.15) is 13.2 Å². The van der Waals surface area contributed by atoms with Gasteiger partial charge in [0.15, 0.2) is 0 Å². The van der Waals surface area contributed by atoms with Crippen molar-refractivity contribution in [1.29, 1.82) is 0 Å². The Kier molecular flexibility index (Phi) is 3.80. The molecule has 0 amide bonds. The van der Waals surface area contributed by atoms with Gasteiger partial charge in [0.1, 0.15) is 0 Å². The molecule has 0 bridgehead atoms. The number of hydrogen-bond donors (Lipinski definition) is 1. The van der Waals surface area contributed by atoms with Gasteiger partial charge in [-0.3, -0.25) is 0 Å². The van der Waals surface area contributed by atoms with Crippen LogP contribution in [0.4, 0.5) is 18.9 Å². The number of alkyl halides is 3. The molecule has 2 atom stereocenters. The molecular weight excluding hydrogens is 243 g/mol. The van der Waals surface area contributed by atoms with Gasteiger partial charge < -0.3 is 10.1 Å². The second-order valence-electron chi connectivity index (χ2n) is 4.56. The van der Waals surface area contributed by atoms with Crippen molar-refractivity contribution in [3.8, 4) is 0 Å². The van der Waals surface area contributed by atoms with Crippen molar-refractivity contribution in [2.75, 3.05) is 11.9 Å². The molecule has 0 aromatic heterocycles. The predicted octanol–water partition coefficient (Wildman–Crippen LogP) is 3.68. The summed E-state index contributed by atoms with van der Waals surface area (Å²) < 4.78 is 42.7. The molecule has 1 aromatic carbocycles. The van der Waals surface area contributed by atoms with Crippen LogP contribution < -0.4 is 5.32 Å². The quantitative estimate of drug-likeness (QED) is 0.894. The van der Waals surface area contributed by atoms with Crippen molar-refractivity contribution >= 4 is 5.69 Å². The molecule has 18 heavy (non-hydrogen) atoms. The average molecular weight is 259 g/mol. The van der Waals surface area contributed by atoms with E-state index in [4.69, 9.17) is 4.74 Å². The maximum Gasteiger partial charge on any atom is 0.416 e. The zero-order valence-electron chi connectivity index (χ0n) is 10.1. The number of halogens is 3. The summed E-state index contributed by atoms with van der Waals surface area (Å²) in [6.07, 6.45) is -2.09. The first-order chi connectivity index (χ1) is 8.47. The molecule has 1 aliphatic heterocycles. The van der Waals surface area contributed by atoms with Crippen molar-refractivity contribution in [2.45, 2.75) is 38.1 Å². The Hall–Kier alpha value is -1.23. The maximum absolute atomic E-state index is 12.4. The molecule has 2 rings (SSSR count). The lowest BCUT2D eigenvalue weighted by Crippen LogP contribution is -2.29. The molecule has 1 fully saturated rings. The highest BCUT2D eigenvalue weighted by atomic mass is 19.4. The molecule has 1 heterocycles. The molecule has 5 heteroatoms. The topological polar surface area (TPSA) is 21.3 Å². The zero-order valence-corrected chi connectivity index (χ0v) is 10.1. The Morgan fingerprint density at radius 3 is 2.44 bits per heavy atom. The van der Waals surface area contributed by atoms with E-state index in [0.717, 1.165) is 31.6 Å². The molecule has 0 spiro atoms. The summed E-state index contributed by atoms with van der Waals surface area (Å²) in [4.78, 5) is 0. The van der Waals surface area contributed by atoms with E-state index in [9.17, 15) is 13.2 Å². The normalized spacial score (nSPS) is 21.9. The van der Waals surface area contributed by atoms with Crippen molar-refractivity contribution in [3.05, 3.63) is 29.8 Å². The smallest absolute Gasteiger partial charge is 0.380 e. The maximum atomic E-state index is 12.4. The van der Waals surface area contributed by atoms with Gasteiger partial charge >= 0.3 is 6.18 Å². The second kappa shape index (κ2) is 5.18. The van der Waals surface area contributed by atoms with E-state index in [1.807, 2.05) is 6.92 Å². The standard InChI is InChI=1S/C13H16F3NO/c1-9(12-3-2-8-18-12)17-11-6-4-10(5-7-11)13(14,15)16/h4-7,9,12,17H,2-3,8H2,1H3. The summed E-state index contributed by atoms with van der Waals surface area (Å²) in [7, 11) is 0. The fraction of sp³-hybridized carbons (Fsp3) is 0.538. The molecule has 0 saturated carbocycles. The third-order valence-electron chi connectivity index (χ3n) is 3.13. The highest BCUT2D eigenvalue weighted by molar-refractivity contribution is 5.46. The van der Waals surface area contributed by atoms with Crippen LogP contribution in [0.3, 0.4) is 0 Å². The van der Waals surface area contributed by atoms with Crippen LogP contribution in [0.2, 0.25) is 0 Å². The summed E-state index contributed by atoms with van der Waals surface area (Å²) in [5, 5.41) is 3.17. The lowest BCUT2D eigenvalue weighted by Gasteiger charge is -2.21. The Bertz CT molecular complexity index is 382. The monoisotopic (exact) mass is 259 g/mol. The summed E-state index contributed by atoms with van der Waals surface area (Å²) in [5.74, 6) is 0. The van der Waals surface area contributed by atoms with Crippen LogP contribution in [0.5, 0.6) is 0 Å². The highest BCUT2D eigenvalue weighted by Crippen LogP contribution is 2.30. The van der Waals surface area contributed by atoms with E-state index in [1.165, 1.54) is 12.1 Å². The van der Waals surface area contributed by atoms with Gasteiger partial charge in [-0.25, -0.2) is 0 Å². The first kappa shape index (κ1) is 13.2. The Balaban J connectivity index is 1.97. The molecule has 2 unspecified atom stereocenters. The van der Waals surface area contributed by atoms with Gasteiger partial charge in [0, 0.05) is 18.3 Å². The van der Waals surface area contributed by atoms with Crippen molar-refractivity contribution in [1.82, 2.24) is 0 Å². The molecule has 1 aromatic rings. The third kappa shape index (κ3) is 3.16. The van der Waals surface area contributed by atoms with Crippen LogP contribution in [0.15, 0.2) is 24.3 Å². The number of nitrogens with one attached hydrogen (secondary N) is 1. The van der Waals surface area contributed by atoms with Crippen molar-refractivity contribution in [3.63, 3.8) is 0 Å². The number of rotatable bonds is 3. The molecule has 0 radical (unpaired) electrons. The van der Waals surface area contributed by atoms with E-state index in [2.05, 4.69) is 5.32 Å². The van der Waals surface area contributed by atoms with Gasteiger partial charge in [-0.15, -0.1) is 0 Å². The van der Waals surface area contributed by atoms with E-state index in [1.54, 1.807) is 0 Å². The zero-order chi connectivity index (χ0) is 13.2. The molecule has 1 N–H and O–H groups in total. The molecule has 2 nitrogen and oxygen atoms in total. The van der Waals surface area contributed by atoms with Gasteiger partial charge in [0.2, 0.25) is 0 Å². The highest BCUT2D eigenvalue weighted by Gasteiger charge is 2.30. The Labute approximate surface area is 104 Å². The minimum Gasteiger partial charge on any atom is -0.380 e. The van der Waals surface area contributed by atoms with Crippen LogP contribution in [0.25, 0.3) is 0 Å². The number of benzene rings is 1. The predicted molar refractivity (Wildman–Crippen MR) is 63.5 cm³/mol. The molecule has 1 aliphatic rings. The Morgan fingerprint density at radius 1 is 1.28 bits per heavy atom. The average Bonchev–Trinajstić information content (AvgIpc) is 2.82. The SMILES string of the molecule is CC(Nc1ccc(C(F)(F)F)cc1)C1CCCO1. The van der Waals surface area contributed by atoms with Crippen LogP contribution in [-0.4, -0.2) is 18.8 Å². The van der Waals surface area contributed by atoms with Crippen molar-refractivity contribution in [2.24, 2.45) is 0 Å². The lowest BCUT2D eigenvalue weighted by molar-refractivity contribution is -0.137. The number of hydrogen-bond acceptors (Lipinski definition) is 2. The third-order valence-corrected chi connectivity index (χ3v) is 3.13. The van der Waals surface area contributed by atoms with Crippen LogP contribution in [0, 0.1) is 0 Å². The summed E-state index contributed by atoms with van der Waals surface area (Å²) in [6, 6.07) is 5.18. The molecular formula is C13H16F3NO. The van der Waals surface area contributed by atoms with E-state index < -0.39 is 11.7 Å². The molecule has 100 valence electrons. The first-order valence-corrected chi connectivity index (χ1v) is 6.02. The minimum atomic E-state index is -4.28. The number of anilines is 1. The molecule has 1 saturated heterocycles. The van der Waals surface area contributed by atoms with Gasteiger partial charge in [0.05, 0.1) is 11.7 Å². The van der Waals surface area contributed by atoms with Gasteiger partial charge in [-0.05, 0) is 44.0 Å². The first-order valence-electron chi connectivity index (χ1n) is 6.02. The van der Waals surface area contributed by atoms with Crippen LogP contribution in [-0.2, 0) is 10.9 Å².